The van der Waals surface area contributed by atoms with Gasteiger partial charge in [-0.25, -0.2) is 13.1 Å². The molecule has 0 radical (unpaired) electrons. The average molecular weight is 420 g/mol. The molecular weight excluding hydrogens is 400 g/mol. The predicted molar refractivity (Wildman–Crippen MR) is 116 cm³/mol. The van der Waals surface area contributed by atoms with Crippen LogP contribution >= 0.6 is 0 Å². The largest absolute Gasteiger partial charge is 0.386 e. The van der Waals surface area contributed by atoms with E-state index in [0.717, 1.165) is 17.2 Å². The van der Waals surface area contributed by atoms with Crippen molar-refractivity contribution in [2.75, 3.05) is 6.26 Å². The third-order valence-electron chi connectivity index (χ3n) is 4.95. The SMILES string of the molecule is CS(=O)(=O)c1ccc([C@H](O)Cn2nc(-c3ccccc3)c3ccccc3c2=O)cc1. The zero-order valence-electron chi connectivity index (χ0n) is 16.3. The highest BCUT2D eigenvalue weighted by molar-refractivity contribution is 7.90. The van der Waals surface area contributed by atoms with Gasteiger partial charge in [-0.05, 0) is 23.8 Å². The predicted octanol–water partition coefficient (Wildman–Crippen LogP) is 3.20. The maximum atomic E-state index is 13.0. The van der Waals surface area contributed by atoms with E-state index >= 15 is 0 Å². The normalized spacial score (nSPS) is 12.7. The van der Waals surface area contributed by atoms with Gasteiger partial charge in [-0.1, -0.05) is 60.7 Å². The van der Waals surface area contributed by atoms with Gasteiger partial charge in [-0.15, -0.1) is 0 Å². The Hall–Kier alpha value is -3.29. The van der Waals surface area contributed by atoms with E-state index in [1.54, 1.807) is 24.3 Å². The lowest BCUT2D eigenvalue weighted by atomic mass is 10.0. The van der Waals surface area contributed by atoms with Gasteiger partial charge >= 0.3 is 0 Å². The van der Waals surface area contributed by atoms with E-state index in [4.69, 9.17) is 0 Å². The van der Waals surface area contributed by atoms with Crippen LogP contribution in [-0.2, 0) is 16.4 Å². The second-order valence-electron chi connectivity index (χ2n) is 7.10. The Morgan fingerprint density at radius 3 is 2.13 bits per heavy atom. The monoisotopic (exact) mass is 420 g/mol. The fourth-order valence-electron chi connectivity index (χ4n) is 3.37. The first-order valence-corrected chi connectivity index (χ1v) is 11.3. The van der Waals surface area contributed by atoms with Crippen molar-refractivity contribution in [3.05, 3.63) is 94.8 Å². The van der Waals surface area contributed by atoms with Crippen LogP contribution in [0.15, 0.2) is 88.6 Å². The molecule has 6 nitrogen and oxygen atoms in total. The van der Waals surface area contributed by atoms with Gasteiger partial charge in [0.1, 0.15) is 0 Å². The number of sulfone groups is 1. The highest BCUT2D eigenvalue weighted by atomic mass is 32.2. The minimum Gasteiger partial charge on any atom is -0.386 e. The maximum Gasteiger partial charge on any atom is 0.274 e. The fourth-order valence-corrected chi connectivity index (χ4v) is 4.00. The molecule has 0 saturated heterocycles. The van der Waals surface area contributed by atoms with E-state index in [1.165, 1.54) is 16.8 Å². The summed E-state index contributed by atoms with van der Waals surface area (Å²) in [7, 11) is -3.32. The summed E-state index contributed by atoms with van der Waals surface area (Å²) in [5.74, 6) is 0. The molecule has 0 aliphatic heterocycles. The summed E-state index contributed by atoms with van der Waals surface area (Å²) in [6.07, 6.45) is 0.107. The van der Waals surface area contributed by atoms with Crippen molar-refractivity contribution in [1.82, 2.24) is 9.78 Å². The molecule has 152 valence electrons. The lowest BCUT2D eigenvalue weighted by Crippen LogP contribution is -2.26. The van der Waals surface area contributed by atoms with Crippen LogP contribution in [0.3, 0.4) is 0 Å². The molecule has 0 amide bonds. The van der Waals surface area contributed by atoms with Crippen LogP contribution in [0.5, 0.6) is 0 Å². The lowest BCUT2D eigenvalue weighted by molar-refractivity contribution is 0.149. The lowest BCUT2D eigenvalue weighted by Gasteiger charge is -2.15. The van der Waals surface area contributed by atoms with Gasteiger partial charge in [-0.3, -0.25) is 4.79 Å². The summed E-state index contributed by atoms with van der Waals surface area (Å²) in [5.41, 5.74) is 1.74. The molecule has 0 saturated carbocycles. The van der Waals surface area contributed by atoms with E-state index in [9.17, 15) is 18.3 Å². The number of hydrogen-bond acceptors (Lipinski definition) is 5. The number of aliphatic hydroxyl groups is 1. The van der Waals surface area contributed by atoms with Gasteiger partial charge in [0.2, 0.25) is 0 Å². The average Bonchev–Trinajstić information content (AvgIpc) is 2.76. The topological polar surface area (TPSA) is 89.3 Å². The summed E-state index contributed by atoms with van der Waals surface area (Å²) in [5, 5.41) is 16.5. The Morgan fingerprint density at radius 1 is 0.900 bits per heavy atom. The Kier molecular flexibility index (Phi) is 5.24. The van der Waals surface area contributed by atoms with E-state index in [2.05, 4.69) is 5.10 Å². The van der Waals surface area contributed by atoms with E-state index in [1.807, 2.05) is 42.5 Å². The minimum absolute atomic E-state index is 0.0538. The van der Waals surface area contributed by atoms with Gasteiger partial charge in [0, 0.05) is 17.2 Å². The standard InChI is InChI=1S/C23H20N2O4S/c1-30(28,29)18-13-11-16(12-14-18)21(26)15-25-23(27)20-10-6-5-9-19(20)22(24-25)17-7-3-2-4-8-17/h2-14,21,26H,15H2,1H3/t21-/m1/s1. The van der Waals surface area contributed by atoms with Crippen molar-refractivity contribution in [3.63, 3.8) is 0 Å². The van der Waals surface area contributed by atoms with Crippen molar-refractivity contribution in [2.24, 2.45) is 0 Å². The molecule has 7 heteroatoms. The Bertz CT molecular complexity index is 1360. The number of nitrogens with zero attached hydrogens (tertiary/aromatic N) is 2. The number of aromatic nitrogens is 2. The number of fused-ring (bicyclic) bond motifs is 1. The van der Waals surface area contributed by atoms with Crippen LogP contribution in [0.25, 0.3) is 22.0 Å². The molecule has 4 aromatic rings. The molecule has 0 fully saturated rings. The molecule has 1 atom stereocenters. The first kappa shape index (κ1) is 20.0. The van der Waals surface area contributed by atoms with Gasteiger partial charge < -0.3 is 5.11 Å². The molecule has 0 unspecified atom stereocenters. The third kappa shape index (κ3) is 3.90. The summed E-state index contributed by atoms with van der Waals surface area (Å²) >= 11 is 0. The summed E-state index contributed by atoms with van der Waals surface area (Å²) in [6, 6.07) is 22.8. The first-order valence-electron chi connectivity index (χ1n) is 9.38. The van der Waals surface area contributed by atoms with Crippen LogP contribution in [0.4, 0.5) is 0 Å². The van der Waals surface area contributed by atoms with Gasteiger partial charge in [0.15, 0.2) is 9.84 Å². The van der Waals surface area contributed by atoms with Crippen LogP contribution in [0.1, 0.15) is 11.7 Å². The molecular formula is C23H20N2O4S. The molecule has 0 bridgehead atoms. The minimum atomic E-state index is -3.32. The smallest absolute Gasteiger partial charge is 0.274 e. The number of rotatable bonds is 5. The number of benzene rings is 3. The molecule has 1 N–H and O–H groups in total. The Balaban J connectivity index is 1.76. The number of aliphatic hydroxyl groups excluding tert-OH is 1. The van der Waals surface area contributed by atoms with Crippen molar-refractivity contribution in [3.8, 4) is 11.3 Å². The molecule has 0 spiro atoms. The van der Waals surface area contributed by atoms with Gasteiger partial charge in [0.05, 0.1) is 28.6 Å². The van der Waals surface area contributed by atoms with Crippen molar-refractivity contribution in [1.29, 1.82) is 0 Å². The molecule has 0 aliphatic rings. The first-order chi connectivity index (χ1) is 14.3. The highest BCUT2D eigenvalue weighted by Crippen LogP contribution is 2.25. The third-order valence-corrected chi connectivity index (χ3v) is 6.08. The second-order valence-corrected chi connectivity index (χ2v) is 9.12. The molecule has 1 aromatic heterocycles. The molecule has 0 aliphatic carbocycles. The zero-order chi connectivity index (χ0) is 21.3. The second kappa shape index (κ2) is 7.85. The van der Waals surface area contributed by atoms with Gasteiger partial charge in [-0.2, -0.15) is 5.10 Å². The molecule has 4 rings (SSSR count). The molecule has 30 heavy (non-hydrogen) atoms. The maximum absolute atomic E-state index is 13.0. The van der Waals surface area contributed by atoms with E-state index in [0.29, 0.717) is 16.6 Å². The Morgan fingerprint density at radius 2 is 1.50 bits per heavy atom. The van der Waals surface area contributed by atoms with Crippen LogP contribution in [0, 0.1) is 0 Å². The van der Waals surface area contributed by atoms with Gasteiger partial charge in [0.25, 0.3) is 5.56 Å². The quantitative estimate of drug-likeness (QED) is 0.536. The molecule has 1 heterocycles. The van der Waals surface area contributed by atoms with E-state index in [-0.39, 0.29) is 17.0 Å². The highest BCUT2D eigenvalue weighted by Gasteiger charge is 2.16. The molecule has 3 aromatic carbocycles. The van der Waals surface area contributed by atoms with Crippen molar-refractivity contribution in [2.45, 2.75) is 17.5 Å². The summed E-state index contributed by atoms with van der Waals surface area (Å²) < 4.78 is 24.5. The van der Waals surface area contributed by atoms with E-state index < -0.39 is 15.9 Å². The fraction of sp³-hybridized carbons (Fsp3) is 0.130. The number of hydrogen-bond donors (Lipinski definition) is 1. The summed E-state index contributed by atoms with van der Waals surface area (Å²) in [6.45, 7) is -0.0538. The van der Waals surface area contributed by atoms with Crippen LogP contribution in [-0.4, -0.2) is 29.6 Å². The van der Waals surface area contributed by atoms with Crippen molar-refractivity contribution >= 4 is 20.6 Å². The Labute approximate surface area is 174 Å². The zero-order valence-corrected chi connectivity index (χ0v) is 17.1. The summed E-state index contributed by atoms with van der Waals surface area (Å²) in [4.78, 5) is 13.1. The van der Waals surface area contributed by atoms with Crippen LogP contribution < -0.4 is 5.56 Å². The van der Waals surface area contributed by atoms with Crippen LogP contribution in [0.2, 0.25) is 0 Å². The van der Waals surface area contributed by atoms with Crippen molar-refractivity contribution < 1.29 is 13.5 Å².